The fourth-order valence-electron chi connectivity index (χ4n) is 6.25. The minimum Gasteiger partial charge on any atom is -0.403 e. The monoisotopic (exact) mass is 532 g/mol. The molecule has 0 amide bonds. The van der Waals surface area contributed by atoms with E-state index < -0.39 is 50.4 Å². The lowest BCUT2D eigenvalue weighted by Crippen LogP contribution is -2.75. The van der Waals surface area contributed by atoms with Gasteiger partial charge in [-0.15, -0.1) is 0 Å². The van der Waals surface area contributed by atoms with E-state index in [0.29, 0.717) is 32.0 Å². The van der Waals surface area contributed by atoms with E-state index in [4.69, 9.17) is 18.6 Å². The van der Waals surface area contributed by atoms with Gasteiger partial charge in [0.05, 0.1) is 25.2 Å². The number of halogens is 3. The van der Waals surface area contributed by atoms with Crippen LogP contribution in [0.25, 0.3) is 0 Å². The molecule has 36 heavy (non-hydrogen) atoms. The second-order valence-electron chi connectivity index (χ2n) is 12.7. The third-order valence-corrected chi connectivity index (χ3v) is 13.8. The number of alkyl halides is 3. The Morgan fingerprint density at radius 2 is 1.69 bits per heavy atom. The van der Waals surface area contributed by atoms with Crippen LogP contribution in [-0.4, -0.2) is 63.0 Å². The maximum atomic E-state index is 13.2. The van der Waals surface area contributed by atoms with Crippen molar-refractivity contribution in [2.45, 2.75) is 120 Å². The summed E-state index contributed by atoms with van der Waals surface area (Å²) >= 11 is 0. The van der Waals surface area contributed by atoms with Crippen molar-refractivity contribution in [1.29, 1.82) is 0 Å². The standard InChI is InChI=1S/C27H43F3O5Si/c1-24(2,3)36(4,5)35-23(19-9-7-6-8-10-19)12-11-20-21-17-26(32-15-16-33-26)25(21,14-13-22(20)31)34-18-27(28,29)30/h19-23,31H,6-10,13-18H2,1-5H3/t20-,21-,22-,23+,25-/m0/s1. The summed E-state index contributed by atoms with van der Waals surface area (Å²) < 4.78 is 63.7. The molecule has 4 aliphatic rings. The van der Waals surface area contributed by atoms with Crippen LogP contribution in [0.5, 0.6) is 0 Å². The highest BCUT2D eigenvalue weighted by molar-refractivity contribution is 6.74. The van der Waals surface area contributed by atoms with Gasteiger partial charge in [-0.05, 0) is 49.7 Å². The molecule has 5 atom stereocenters. The summed E-state index contributed by atoms with van der Waals surface area (Å²) in [4.78, 5) is 0. The van der Waals surface area contributed by atoms with E-state index in [-0.39, 0.29) is 17.6 Å². The Morgan fingerprint density at radius 3 is 2.28 bits per heavy atom. The van der Waals surface area contributed by atoms with Crippen LogP contribution in [0.3, 0.4) is 0 Å². The number of fused-ring (bicyclic) bond motifs is 2. The van der Waals surface area contributed by atoms with Gasteiger partial charge < -0.3 is 23.7 Å². The average molecular weight is 533 g/mol. The summed E-state index contributed by atoms with van der Waals surface area (Å²) in [5.41, 5.74) is -1.25. The van der Waals surface area contributed by atoms with Gasteiger partial charge in [-0.2, -0.15) is 13.2 Å². The Morgan fingerprint density at radius 1 is 1.06 bits per heavy atom. The number of hydrogen-bond donors (Lipinski definition) is 1. The van der Waals surface area contributed by atoms with Gasteiger partial charge in [0.1, 0.15) is 18.3 Å². The second kappa shape index (κ2) is 10.2. The molecule has 4 rings (SSSR count). The number of aliphatic hydroxyl groups excluding tert-OH is 1. The van der Waals surface area contributed by atoms with Crippen molar-refractivity contribution in [1.82, 2.24) is 0 Å². The molecule has 0 unspecified atom stereocenters. The first-order chi connectivity index (χ1) is 16.7. The number of ether oxygens (including phenoxy) is 3. The Kier molecular flexibility index (Phi) is 8.01. The van der Waals surface area contributed by atoms with Gasteiger partial charge in [-0.1, -0.05) is 51.9 Å². The Balaban J connectivity index is 1.61. The lowest BCUT2D eigenvalue weighted by molar-refractivity contribution is -0.398. The first-order valence-corrected chi connectivity index (χ1v) is 16.5. The van der Waals surface area contributed by atoms with E-state index in [1.54, 1.807) is 0 Å². The highest BCUT2D eigenvalue weighted by Crippen LogP contribution is 2.62. The van der Waals surface area contributed by atoms with Crippen LogP contribution in [0.1, 0.15) is 72.1 Å². The molecule has 1 N–H and O–H groups in total. The molecular weight excluding hydrogens is 489 g/mol. The van der Waals surface area contributed by atoms with Gasteiger partial charge in [0.15, 0.2) is 14.1 Å². The molecule has 1 saturated heterocycles. The molecule has 0 aromatic carbocycles. The van der Waals surface area contributed by atoms with E-state index in [2.05, 4.69) is 45.7 Å². The van der Waals surface area contributed by atoms with Gasteiger partial charge in [0, 0.05) is 12.3 Å². The van der Waals surface area contributed by atoms with Crippen LogP contribution in [0.2, 0.25) is 18.1 Å². The molecule has 3 aliphatic carbocycles. The maximum Gasteiger partial charge on any atom is 0.411 e. The van der Waals surface area contributed by atoms with Gasteiger partial charge >= 0.3 is 6.18 Å². The van der Waals surface area contributed by atoms with Crippen LogP contribution in [0.4, 0.5) is 13.2 Å². The molecule has 5 nitrogen and oxygen atoms in total. The molecule has 0 bridgehead atoms. The first-order valence-electron chi connectivity index (χ1n) is 13.6. The largest absolute Gasteiger partial charge is 0.411 e. The Labute approximate surface area is 214 Å². The summed E-state index contributed by atoms with van der Waals surface area (Å²) in [6.07, 6.45) is 1.15. The van der Waals surface area contributed by atoms with Crippen LogP contribution < -0.4 is 0 Å². The highest BCUT2D eigenvalue weighted by Gasteiger charge is 2.74. The lowest BCUT2D eigenvalue weighted by Gasteiger charge is -2.64. The minimum atomic E-state index is -4.46. The molecule has 206 valence electrons. The Hall–Kier alpha value is -0.633. The predicted octanol–water partition coefficient (Wildman–Crippen LogP) is 5.81. The Bertz CT molecular complexity index is 833. The highest BCUT2D eigenvalue weighted by atomic mass is 28.4. The third-order valence-electron chi connectivity index (χ3n) is 9.34. The molecule has 0 radical (unpaired) electrons. The molecular formula is C27H43F3O5Si. The van der Waals surface area contributed by atoms with Crippen LogP contribution in [-0.2, 0) is 18.6 Å². The number of rotatable bonds is 5. The quantitative estimate of drug-likeness (QED) is 0.358. The van der Waals surface area contributed by atoms with Crippen molar-refractivity contribution in [3.63, 3.8) is 0 Å². The van der Waals surface area contributed by atoms with Gasteiger partial charge in [0.25, 0.3) is 0 Å². The number of hydrogen-bond acceptors (Lipinski definition) is 5. The molecule has 9 heteroatoms. The summed E-state index contributed by atoms with van der Waals surface area (Å²) in [5.74, 6) is 4.99. The van der Waals surface area contributed by atoms with Crippen LogP contribution in [0.15, 0.2) is 0 Å². The van der Waals surface area contributed by atoms with Gasteiger partial charge in [-0.3, -0.25) is 0 Å². The van der Waals surface area contributed by atoms with E-state index in [1.165, 1.54) is 6.42 Å². The number of aliphatic hydroxyl groups is 1. The fourth-order valence-corrected chi connectivity index (χ4v) is 7.49. The van der Waals surface area contributed by atoms with Gasteiger partial charge in [-0.25, -0.2) is 0 Å². The van der Waals surface area contributed by atoms with Crippen molar-refractivity contribution >= 4 is 8.32 Å². The fraction of sp³-hybridized carbons (Fsp3) is 0.926. The zero-order valence-electron chi connectivity index (χ0n) is 22.4. The maximum absolute atomic E-state index is 13.2. The molecule has 4 fully saturated rings. The topological polar surface area (TPSA) is 57.2 Å². The van der Waals surface area contributed by atoms with Crippen LogP contribution >= 0.6 is 0 Å². The van der Waals surface area contributed by atoms with E-state index >= 15 is 0 Å². The van der Waals surface area contributed by atoms with Crippen molar-refractivity contribution in [2.75, 3.05) is 19.8 Å². The molecule has 3 saturated carbocycles. The molecule has 1 aliphatic heterocycles. The first kappa shape index (κ1) is 28.4. The molecule has 0 aromatic heterocycles. The van der Waals surface area contributed by atoms with E-state index in [9.17, 15) is 18.3 Å². The summed E-state index contributed by atoms with van der Waals surface area (Å²) in [7, 11) is -2.10. The van der Waals surface area contributed by atoms with Crippen molar-refractivity contribution in [3.8, 4) is 11.8 Å². The smallest absolute Gasteiger partial charge is 0.403 e. The molecule has 1 spiro atoms. The van der Waals surface area contributed by atoms with E-state index in [1.807, 2.05) is 0 Å². The zero-order chi connectivity index (χ0) is 26.4. The average Bonchev–Trinajstić information content (AvgIpc) is 3.28. The predicted molar refractivity (Wildman–Crippen MR) is 133 cm³/mol. The van der Waals surface area contributed by atoms with Crippen LogP contribution in [0, 0.1) is 29.6 Å². The summed E-state index contributed by atoms with van der Waals surface area (Å²) in [6, 6.07) is 0. The van der Waals surface area contributed by atoms with Crippen molar-refractivity contribution in [3.05, 3.63) is 0 Å². The summed E-state index contributed by atoms with van der Waals surface area (Å²) in [6.45, 7) is 10.3. The molecule has 0 aromatic rings. The lowest BCUT2D eigenvalue weighted by atomic mass is 9.52. The third kappa shape index (κ3) is 5.41. The summed E-state index contributed by atoms with van der Waals surface area (Å²) in [5, 5.41) is 11.0. The zero-order valence-corrected chi connectivity index (χ0v) is 23.4. The second-order valence-corrected chi connectivity index (χ2v) is 17.4. The minimum absolute atomic E-state index is 0.0318. The molecule has 1 heterocycles. The van der Waals surface area contributed by atoms with Crippen molar-refractivity contribution < 1.29 is 36.9 Å². The SMILES string of the molecule is CC(C)(C)[Si](C)(C)O[C@H](C#C[C@@H]1[C@@H](O)CC[C@]2(OCC(F)(F)F)[C@H]1CC21OCCO1)C1CCCCC1. The van der Waals surface area contributed by atoms with Gasteiger partial charge in [0.2, 0.25) is 0 Å². The van der Waals surface area contributed by atoms with Crippen molar-refractivity contribution in [2.24, 2.45) is 17.8 Å². The normalized spacial score (nSPS) is 34.0. The van der Waals surface area contributed by atoms with E-state index in [0.717, 1.165) is 25.7 Å².